The lowest BCUT2D eigenvalue weighted by Gasteiger charge is -1.85. The minimum atomic E-state index is 0.392. The van der Waals surface area contributed by atoms with Gasteiger partial charge in [-0.25, -0.2) is 15.0 Å². The topological polar surface area (TPSA) is 75.6 Å². The van der Waals surface area contributed by atoms with Gasteiger partial charge in [0.05, 0.1) is 5.51 Å². The highest BCUT2D eigenvalue weighted by atomic mass is 32.1. The second kappa shape index (κ2) is 4.08. The van der Waals surface area contributed by atoms with Crippen LogP contribution in [-0.4, -0.2) is 15.0 Å². The highest BCUT2D eigenvalue weighted by molar-refractivity contribution is 7.13. The molecule has 3 rings (SSSR count). The van der Waals surface area contributed by atoms with E-state index in [0.717, 1.165) is 0 Å². The van der Waals surface area contributed by atoms with Crippen molar-refractivity contribution < 1.29 is 4.42 Å². The molecule has 0 bridgehead atoms. The van der Waals surface area contributed by atoms with E-state index in [2.05, 4.69) is 15.0 Å². The second-order valence-electron chi connectivity index (χ2n) is 3.06. The van der Waals surface area contributed by atoms with Gasteiger partial charge in [-0.05, 0) is 0 Å². The maximum atomic E-state index is 8.69. The molecule has 0 aliphatic heterocycles. The van der Waals surface area contributed by atoms with E-state index in [1.165, 1.54) is 28.9 Å². The van der Waals surface area contributed by atoms with Gasteiger partial charge in [-0.15, -0.1) is 22.7 Å². The molecule has 0 aliphatic rings. The van der Waals surface area contributed by atoms with Gasteiger partial charge in [0, 0.05) is 10.8 Å². The molecule has 7 heteroatoms. The van der Waals surface area contributed by atoms with Crippen molar-refractivity contribution in [2.24, 2.45) is 0 Å². The van der Waals surface area contributed by atoms with Crippen LogP contribution in [0, 0.1) is 11.3 Å². The summed E-state index contributed by atoms with van der Waals surface area (Å²) in [5.74, 6) is 0.468. The molecule has 0 atom stereocenters. The van der Waals surface area contributed by atoms with Gasteiger partial charge in [0.2, 0.25) is 5.89 Å². The summed E-state index contributed by atoms with van der Waals surface area (Å²) in [6.07, 6.45) is 1.52. The summed E-state index contributed by atoms with van der Waals surface area (Å²) < 4.78 is 5.32. The Kier molecular flexibility index (Phi) is 2.44. The van der Waals surface area contributed by atoms with Gasteiger partial charge in [0.25, 0.3) is 0 Å². The van der Waals surface area contributed by atoms with Crippen molar-refractivity contribution in [1.29, 1.82) is 5.26 Å². The summed E-state index contributed by atoms with van der Waals surface area (Å²) in [7, 11) is 0. The van der Waals surface area contributed by atoms with Gasteiger partial charge in [0.1, 0.15) is 28.7 Å². The number of hydrogen-bond acceptors (Lipinski definition) is 7. The zero-order valence-electron chi connectivity index (χ0n) is 8.32. The number of thiazole rings is 2. The summed E-state index contributed by atoms with van der Waals surface area (Å²) in [6.45, 7) is 0. The average Bonchev–Trinajstić information content (AvgIpc) is 3.09. The fourth-order valence-corrected chi connectivity index (χ4v) is 2.47. The molecule has 0 fully saturated rings. The van der Waals surface area contributed by atoms with Gasteiger partial charge in [-0.2, -0.15) is 5.26 Å². The Hall–Kier alpha value is -2.04. The summed E-state index contributed by atoms with van der Waals surface area (Å²) in [4.78, 5) is 12.5. The molecule has 17 heavy (non-hydrogen) atoms. The molecule has 5 nitrogen and oxygen atoms in total. The summed E-state index contributed by atoms with van der Waals surface area (Å²) in [6, 6.07) is 1.98. The molecule has 0 radical (unpaired) electrons. The number of rotatable bonds is 2. The fourth-order valence-electron chi connectivity index (χ4n) is 1.25. The zero-order chi connectivity index (χ0) is 11.7. The number of hydrogen-bond donors (Lipinski definition) is 0. The zero-order valence-corrected chi connectivity index (χ0v) is 9.96. The predicted octanol–water partition coefficient (Wildman–Crippen LogP) is 2.79. The molecule has 3 aromatic rings. The molecule has 3 heterocycles. The monoisotopic (exact) mass is 260 g/mol. The maximum absolute atomic E-state index is 8.69. The van der Waals surface area contributed by atoms with Gasteiger partial charge in [-0.3, -0.25) is 0 Å². The van der Waals surface area contributed by atoms with E-state index in [1.807, 2.05) is 11.4 Å². The van der Waals surface area contributed by atoms with E-state index >= 15 is 0 Å². The SMILES string of the molecule is N#Cc1csc(-c2coc(-c3cscn3)n2)n1. The Bertz CT molecular complexity index is 677. The Morgan fingerprint density at radius 2 is 2.18 bits per heavy atom. The third-order valence-electron chi connectivity index (χ3n) is 1.99. The summed E-state index contributed by atoms with van der Waals surface area (Å²) >= 11 is 2.84. The van der Waals surface area contributed by atoms with Gasteiger partial charge < -0.3 is 4.42 Å². The van der Waals surface area contributed by atoms with Gasteiger partial charge >= 0.3 is 0 Å². The van der Waals surface area contributed by atoms with Crippen LogP contribution in [0.15, 0.2) is 27.0 Å². The molecule has 0 saturated carbocycles. The molecule has 0 spiro atoms. The molecule has 0 saturated heterocycles. The van der Waals surface area contributed by atoms with E-state index in [-0.39, 0.29) is 0 Å². The highest BCUT2D eigenvalue weighted by Gasteiger charge is 2.12. The second-order valence-corrected chi connectivity index (χ2v) is 4.64. The van der Waals surface area contributed by atoms with Crippen LogP contribution in [0.1, 0.15) is 5.69 Å². The van der Waals surface area contributed by atoms with E-state index < -0.39 is 0 Å². The molecule has 0 unspecified atom stereocenters. The van der Waals surface area contributed by atoms with Crippen molar-refractivity contribution in [2.75, 3.05) is 0 Å². The van der Waals surface area contributed by atoms with Gasteiger partial charge in [0.15, 0.2) is 5.69 Å². The van der Waals surface area contributed by atoms with E-state index in [9.17, 15) is 0 Å². The Morgan fingerprint density at radius 1 is 1.24 bits per heavy atom. The predicted molar refractivity (Wildman–Crippen MR) is 63.4 cm³/mol. The van der Waals surface area contributed by atoms with E-state index in [1.54, 1.807) is 10.9 Å². The van der Waals surface area contributed by atoms with Crippen LogP contribution in [0.3, 0.4) is 0 Å². The van der Waals surface area contributed by atoms with E-state index in [0.29, 0.717) is 28.0 Å². The third kappa shape index (κ3) is 1.84. The van der Waals surface area contributed by atoms with Crippen LogP contribution in [0.5, 0.6) is 0 Å². The highest BCUT2D eigenvalue weighted by Crippen LogP contribution is 2.26. The minimum absolute atomic E-state index is 0.392. The van der Waals surface area contributed by atoms with Crippen LogP contribution in [0.4, 0.5) is 0 Å². The number of nitriles is 1. The van der Waals surface area contributed by atoms with Crippen LogP contribution in [-0.2, 0) is 0 Å². The molecule has 82 valence electrons. The first kappa shape index (κ1) is 10.1. The molecule has 3 aromatic heterocycles. The molecule has 0 N–H and O–H groups in total. The number of aromatic nitrogens is 3. The quantitative estimate of drug-likeness (QED) is 0.708. The first-order chi connectivity index (χ1) is 8.36. The third-order valence-corrected chi connectivity index (χ3v) is 3.44. The lowest BCUT2D eigenvalue weighted by Crippen LogP contribution is -1.79. The van der Waals surface area contributed by atoms with Crippen LogP contribution < -0.4 is 0 Å². The number of oxazole rings is 1. The smallest absolute Gasteiger partial charge is 0.246 e. The van der Waals surface area contributed by atoms with E-state index in [4.69, 9.17) is 9.68 Å². The summed E-state index contributed by atoms with van der Waals surface area (Å²) in [5, 5.41) is 12.9. The van der Waals surface area contributed by atoms with Crippen LogP contribution >= 0.6 is 22.7 Å². The molecule has 0 aliphatic carbocycles. The van der Waals surface area contributed by atoms with Crippen LogP contribution in [0.25, 0.3) is 22.3 Å². The lowest BCUT2D eigenvalue weighted by atomic mass is 10.5. The van der Waals surface area contributed by atoms with Crippen molar-refractivity contribution >= 4 is 22.7 Å². The molecular formula is C10H4N4OS2. The molecule has 0 aromatic carbocycles. The Morgan fingerprint density at radius 3 is 2.88 bits per heavy atom. The summed E-state index contributed by atoms with van der Waals surface area (Å²) in [5.41, 5.74) is 3.44. The Balaban J connectivity index is 1.98. The van der Waals surface area contributed by atoms with Crippen molar-refractivity contribution in [1.82, 2.24) is 15.0 Å². The first-order valence-corrected chi connectivity index (χ1v) is 6.39. The van der Waals surface area contributed by atoms with Crippen molar-refractivity contribution in [2.45, 2.75) is 0 Å². The minimum Gasteiger partial charge on any atom is -0.443 e. The lowest BCUT2D eigenvalue weighted by molar-refractivity contribution is 0.573. The average molecular weight is 260 g/mol. The maximum Gasteiger partial charge on any atom is 0.246 e. The standard InChI is InChI=1S/C10H4N4OS2/c11-1-6-3-17-10(13-6)7-2-15-9(14-7)8-4-16-5-12-8/h2-5H. The van der Waals surface area contributed by atoms with Crippen molar-refractivity contribution in [3.05, 3.63) is 28.2 Å². The van der Waals surface area contributed by atoms with Crippen molar-refractivity contribution in [3.8, 4) is 28.4 Å². The Labute approximate surface area is 104 Å². The van der Waals surface area contributed by atoms with Crippen molar-refractivity contribution in [3.63, 3.8) is 0 Å². The number of nitrogens with zero attached hydrogens (tertiary/aromatic N) is 4. The molecule has 0 amide bonds. The largest absolute Gasteiger partial charge is 0.443 e. The normalized spacial score (nSPS) is 10.3. The first-order valence-electron chi connectivity index (χ1n) is 4.57. The fraction of sp³-hybridized carbons (Fsp3) is 0. The van der Waals surface area contributed by atoms with Crippen LogP contribution in [0.2, 0.25) is 0 Å². The molecular weight excluding hydrogens is 256 g/mol. The van der Waals surface area contributed by atoms with Gasteiger partial charge in [-0.1, -0.05) is 0 Å².